The lowest BCUT2D eigenvalue weighted by atomic mass is 9.70. The molecule has 4 aliphatic rings. The van der Waals surface area contributed by atoms with E-state index in [1.165, 1.54) is 0 Å². The summed E-state index contributed by atoms with van der Waals surface area (Å²) in [5.74, 6) is -0.431. The number of carbonyl (C=O) groups excluding carboxylic acids is 1. The van der Waals surface area contributed by atoms with Gasteiger partial charge in [-0.1, -0.05) is 95.5 Å². The Hall–Kier alpha value is -2.19. The van der Waals surface area contributed by atoms with Gasteiger partial charge in [-0.3, -0.25) is 4.79 Å². The Morgan fingerprint density at radius 2 is 0.903 bits per heavy atom. The normalized spacial score (nSPS) is 37.7. The predicted octanol–water partition coefficient (Wildman–Crippen LogP) is -3.98. The zero-order valence-corrected chi connectivity index (χ0v) is 41.0. The highest BCUT2D eigenvalue weighted by atomic mass is 16.8. The number of ether oxygens (including phenoxy) is 8. The van der Waals surface area contributed by atoms with Gasteiger partial charge in [0.25, 0.3) is 0 Å². The van der Waals surface area contributed by atoms with Crippen molar-refractivity contribution in [1.29, 1.82) is 0 Å². The maximum absolute atomic E-state index is 14.5. The molecular formula is C48H81NO23. The van der Waals surface area contributed by atoms with Crippen molar-refractivity contribution in [2.75, 3.05) is 39.6 Å². The summed E-state index contributed by atoms with van der Waals surface area (Å²) in [7, 11) is 0. The molecule has 72 heavy (non-hydrogen) atoms. The SMILES string of the molecule is CCCCCCC(CCCCCC)(CC(=O)NC(CO[C@@H]1O[C@H](CO)[C@@H](O[C@H]2O[C@H](CO)[C@@H](O)[C@H](O)[C@H]2O)[C@H](O)[C@H]1O)CO[C@@H]1O[C@H](CO)[C@@H](O[C@H]2O[C@H](CO)[C@@H](O)[C@H](O)[C@H]2O)[C@H](O)[C@H]1O)c1ccccc1. The van der Waals surface area contributed by atoms with Gasteiger partial charge in [0.1, 0.15) is 97.7 Å². The van der Waals surface area contributed by atoms with Crippen LogP contribution in [0.25, 0.3) is 0 Å². The molecule has 24 heteroatoms. The molecular weight excluding hydrogens is 959 g/mol. The molecule has 0 spiro atoms. The van der Waals surface area contributed by atoms with E-state index in [9.17, 15) is 76.3 Å². The monoisotopic (exact) mass is 1040 g/mol. The van der Waals surface area contributed by atoms with Crippen LogP contribution >= 0.6 is 0 Å². The Labute approximate surface area is 418 Å². The molecule has 416 valence electrons. The highest BCUT2D eigenvalue weighted by Crippen LogP contribution is 2.40. The quantitative estimate of drug-likeness (QED) is 0.0356. The van der Waals surface area contributed by atoms with E-state index in [1.54, 1.807) is 0 Å². The zero-order valence-electron chi connectivity index (χ0n) is 41.0. The van der Waals surface area contributed by atoms with Gasteiger partial charge in [-0.15, -0.1) is 0 Å². The molecule has 4 heterocycles. The van der Waals surface area contributed by atoms with Crippen LogP contribution in [-0.4, -0.2) is 246 Å². The third kappa shape index (κ3) is 15.3. The van der Waals surface area contributed by atoms with E-state index in [-0.39, 0.29) is 6.42 Å². The fourth-order valence-electron chi connectivity index (χ4n) is 9.79. The van der Waals surface area contributed by atoms with E-state index in [0.29, 0.717) is 12.8 Å². The Morgan fingerprint density at radius 1 is 0.514 bits per heavy atom. The van der Waals surface area contributed by atoms with Crippen molar-refractivity contribution in [3.63, 3.8) is 0 Å². The highest BCUT2D eigenvalue weighted by Gasteiger charge is 2.53. The zero-order chi connectivity index (χ0) is 52.7. The molecule has 20 atom stereocenters. The van der Waals surface area contributed by atoms with Gasteiger partial charge in [-0.25, -0.2) is 0 Å². The number of unbranched alkanes of at least 4 members (excludes halogenated alkanes) is 6. The summed E-state index contributed by atoms with van der Waals surface area (Å²) in [6.07, 6.45) is -25.3. The molecule has 4 aliphatic heterocycles. The minimum absolute atomic E-state index is 0.0292. The van der Waals surface area contributed by atoms with Crippen LogP contribution in [0.5, 0.6) is 0 Å². The number of hydrogen-bond acceptors (Lipinski definition) is 23. The van der Waals surface area contributed by atoms with Crippen LogP contribution in [0.4, 0.5) is 0 Å². The number of aliphatic hydroxyl groups excluding tert-OH is 14. The predicted molar refractivity (Wildman–Crippen MR) is 247 cm³/mol. The van der Waals surface area contributed by atoms with Gasteiger partial charge in [0.05, 0.1) is 45.7 Å². The fraction of sp³-hybridized carbons (Fsp3) is 0.854. The van der Waals surface area contributed by atoms with E-state index in [1.807, 2.05) is 30.3 Å². The van der Waals surface area contributed by atoms with Crippen LogP contribution in [0, 0.1) is 0 Å². The largest absolute Gasteiger partial charge is 0.394 e. The van der Waals surface area contributed by atoms with Gasteiger partial charge >= 0.3 is 0 Å². The molecule has 1 aromatic rings. The van der Waals surface area contributed by atoms with Crippen LogP contribution in [0.15, 0.2) is 30.3 Å². The number of nitrogens with one attached hydrogen (secondary N) is 1. The van der Waals surface area contributed by atoms with Gasteiger partial charge in [-0.05, 0) is 18.4 Å². The van der Waals surface area contributed by atoms with Gasteiger partial charge < -0.3 is 115 Å². The molecule has 0 aromatic heterocycles. The topological polar surface area (TPSA) is 386 Å². The van der Waals surface area contributed by atoms with Gasteiger partial charge in [0.2, 0.25) is 5.91 Å². The third-order valence-electron chi connectivity index (χ3n) is 14.1. The number of benzene rings is 1. The fourth-order valence-corrected chi connectivity index (χ4v) is 9.79. The van der Waals surface area contributed by atoms with Crippen LogP contribution in [-0.2, 0) is 48.1 Å². The van der Waals surface area contributed by atoms with Crippen LogP contribution < -0.4 is 5.32 Å². The number of hydrogen-bond donors (Lipinski definition) is 15. The van der Waals surface area contributed by atoms with E-state index in [4.69, 9.17) is 37.9 Å². The van der Waals surface area contributed by atoms with E-state index in [0.717, 1.165) is 56.9 Å². The van der Waals surface area contributed by atoms with Gasteiger partial charge in [-0.2, -0.15) is 0 Å². The average molecular weight is 1040 g/mol. The molecule has 4 fully saturated rings. The lowest BCUT2D eigenvalue weighted by molar-refractivity contribution is -0.362. The number of aliphatic hydroxyl groups is 14. The van der Waals surface area contributed by atoms with Crippen molar-refractivity contribution < 1.29 is 114 Å². The molecule has 0 radical (unpaired) electrons. The average Bonchev–Trinajstić information content (AvgIpc) is 3.38. The summed E-state index contributed by atoms with van der Waals surface area (Å²) < 4.78 is 45.7. The Balaban J connectivity index is 1.36. The Morgan fingerprint density at radius 3 is 1.29 bits per heavy atom. The van der Waals surface area contributed by atoms with Crippen LogP contribution in [0.3, 0.4) is 0 Å². The molecule has 1 aromatic carbocycles. The van der Waals surface area contributed by atoms with Crippen LogP contribution in [0.1, 0.15) is 90.0 Å². The third-order valence-corrected chi connectivity index (χ3v) is 14.1. The van der Waals surface area contributed by atoms with Crippen molar-refractivity contribution >= 4 is 5.91 Å². The second-order valence-electron chi connectivity index (χ2n) is 19.4. The molecule has 0 bridgehead atoms. The van der Waals surface area contributed by atoms with Gasteiger partial charge in [0.15, 0.2) is 25.2 Å². The minimum atomic E-state index is -1.93. The van der Waals surface area contributed by atoms with Gasteiger partial charge in [0, 0.05) is 11.8 Å². The summed E-state index contributed by atoms with van der Waals surface area (Å²) in [5.41, 5.74) is 0.400. The molecule has 24 nitrogen and oxygen atoms in total. The summed E-state index contributed by atoms with van der Waals surface area (Å²) >= 11 is 0. The maximum Gasteiger partial charge on any atom is 0.221 e. The first-order valence-electron chi connectivity index (χ1n) is 25.2. The van der Waals surface area contributed by atoms with Crippen molar-refractivity contribution in [1.82, 2.24) is 5.32 Å². The summed E-state index contributed by atoms with van der Waals surface area (Å²) in [6, 6.07) is 8.61. The van der Waals surface area contributed by atoms with Crippen molar-refractivity contribution in [2.45, 2.75) is 219 Å². The number of amides is 1. The van der Waals surface area contributed by atoms with Crippen LogP contribution in [0.2, 0.25) is 0 Å². The first-order chi connectivity index (χ1) is 34.5. The second kappa shape index (κ2) is 29.4. The Bertz CT molecular complexity index is 1590. The smallest absolute Gasteiger partial charge is 0.221 e. The molecule has 0 aliphatic carbocycles. The number of carbonyl (C=O) groups is 1. The van der Waals surface area contributed by atoms with Crippen molar-refractivity contribution in [3.8, 4) is 0 Å². The van der Waals surface area contributed by atoms with Crippen molar-refractivity contribution in [2.24, 2.45) is 0 Å². The molecule has 5 rings (SSSR count). The standard InChI is InChI=1S/C48H81NO23/c1-3-5-7-12-16-48(17-13-8-6-4-2,25-14-10-9-11-15-25)18-31(54)49-26(23-65-44-40(63)36(59)42(29(21-52)69-44)71-46-38(61)34(57)32(55)27(19-50)67-46)24-66-45-41(64)37(60)43(30(22-53)70-45)72-47-39(62)35(58)33(56)28(20-51)68-47/h9-11,14-15,26-30,32-47,50-53,55-64H,3-8,12-13,16-24H2,1-2H3,(H,49,54)/t27-,28-,29-,30-,32-,33-,34+,35+,36-,37-,38-,39-,40-,41-,42-,43-,44-,45-,46-,47-/m1/s1. The van der Waals surface area contributed by atoms with E-state index >= 15 is 0 Å². The summed E-state index contributed by atoms with van der Waals surface area (Å²) in [5, 5.41) is 150. The first kappa shape index (κ1) is 60.7. The maximum atomic E-state index is 14.5. The molecule has 15 N–H and O–H groups in total. The second-order valence-corrected chi connectivity index (χ2v) is 19.4. The highest BCUT2D eigenvalue weighted by molar-refractivity contribution is 5.78. The first-order valence-corrected chi connectivity index (χ1v) is 25.2. The molecule has 1 amide bonds. The summed E-state index contributed by atoms with van der Waals surface area (Å²) in [6.45, 7) is -0.0818. The Kier molecular flexibility index (Phi) is 24.7. The molecule has 0 unspecified atom stereocenters. The van der Waals surface area contributed by atoms with Crippen molar-refractivity contribution in [3.05, 3.63) is 35.9 Å². The molecule has 0 saturated carbocycles. The minimum Gasteiger partial charge on any atom is -0.394 e. The van der Waals surface area contributed by atoms with E-state index < -0.39 is 180 Å². The lowest BCUT2D eigenvalue weighted by Crippen LogP contribution is -2.65. The molecule has 4 saturated heterocycles. The lowest BCUT2D eigenvalue weighted by Gasteiger charge is -2.46. The number of rotatable bonds is 28. The van der Waals surface area contributed by atoms with E-state index in [2.05, 4.69) is 19.2 Å². The summed E-state index contributed by atoms with van der Waals surface area (Å²) in [4.78, 5) is 14.5.